The minimum atomic E-state index is -0.306. The first-order valence-electron chi connectivity index (χ1n) is 8.01. The molecule has 25 heavy (non-hydrogen) atoms. The van der Waals surface area contributed by atoms with Crippen LogP contribution < -0.4 is 0 Å². The number of hydrazone groups is 1. The molecule has 1 atom stereocenters. The van der Waals surface area contributed by atoms with Crippen LogP contribution in [0.2, 0.25) is 0 Å². The van der Waals surface area contributed by atoms with Crippen LogP contribution in [0.4, 0.5) is 0 Å². The molecule has 2 heterocycles. The molecular formula is C20H16N2O3. The molecule has 0 saturated heterocycles. The van der Waals surface area contributed by atoms with E-state index in [9.17, 15) is 9.90 Å². The Balaban J connectivity index is 1.73. The molecule has 4 rings (SSSR count). The molecule has 5 heteroatoms. The minimum Gasteiger partial charge on any atom is -0.508 e. The fourth-order valence-electron chi connectivity index (χ4n) is 2.97. The van der Waals surface area contributed by atoms with E-state index in [0.717, 1.165) is 11.3 Å². The van der Waals surface area contributed by atoms with Gasteiger partial charge in [-0.3, -0.25) is 4.79 Å². The number of amides is 1. The Hall–Kier alpha value is -3.34. The summed E-state index contributed by atoms with van der Waals surface area (Å²) in [4.78, 5) is 12.9. The maximum absolute atomic E-state index is 12.9. The Morgan fingerprint density at radius 2 is 1.92 bits per heavy atom. The molecule has 1 aliphatic rings. The Labute approximate surface area is 144 Å². The quantitative estimate of drug-likeness (QED) is 0.789. The van der Waals surface area contributed by atoms with Crippen LogP contribution in [0.3, 0.4) is 0 Å². The van der Waals surface area contributed by atoms with E-state index in [1.54, 1.807) is 42.7 Å². The highest BCUT2D eigenvalue weighted by Gasteiger charge is 2.35. The molecule has 0 radical (unpaired) electrons. The molecule has 5 nitrogen and oxygen atoms in total. The number of hydrogen-bond donors (Lipinski definition) is 1. The van der Waals surface area contributed by atoms with Crippen molar-refractivity contribution < 1.29 is 14.3 Å². The fraction of sp³-hybridized carbons (Fsp3) is 0.100. The van der Waals surface area contributed by atoms with Crippen LogP contribution in [0.25, 0.3) is 0 Å². The van der Waals surface area contributed by atoms with Crippen LogP contribution in [-0.2, 0) is 0 Å². The Kier molecular flexibility index (Phi) is 3.82. The van der Waals surface area contributed by atoms with Crippen LogP contribution in [0, 0.1) is 0 Å². The Morgan fingerprint density at radius 3 is 2.64 bits per heavy atom. The van der Waals surface area contributed by atoms with E-state index >= 15 is 0 Å². The zero-order valence-corrected chi connectivity index (χ0v) is 13.4. The molecule has 124 valence electrons. The number of benzene rings is 2. The Bertz CT molecular complexity index is 917. The second-order valence-corrected chi connectivity index (χ2v) is 5.85. The fourth-order valence-corrected chi connectivity index (χ4v) is 2.97. The van der Waals surface area contributed by atoms with Crippen molar-refractivity contribution in [1.29, 1.82) is 0 Å². The summed E-state index contributed by atoms with van der Waals surface area (Å²) in [6.45, 7) is 0. The van der Waals surface area contributed by atoms with E-state index in [2.05, 4.69) is 5.10 Å². The standard InChI is InChI=1S/C20H16N2O3/c23-16-9-4-8-15(12-16)17-13-18(19-10-5-11-25-19)22(21-17)20(24)14-6-2-1-3-7-14/h1-12,18,23H,13H2/t18-/m0/s1. The van der Waals surface area contributed by atoms with Crippen molar-refractivity contribution in [2.24, 2.45) is 5.10 Å². The summed E-state index contributed by atoms with van der Waals surface area (Å²) < 4.78 is 5.53. The molecule has 1 aromatic heterocycles. The highest BCUT2D eigenvalue weighted by molar-refractivity contribution is 6.05. The number of rotatable bonds is 3. The van der Waals surface area contributed by atoms with E-state index in [4.69, 9.17) is 4.42 Å². The summed E-state index contributed by atoms with van der Waals surface area (Å²) in [7, 11) is 0. The first kappa shape index (κ1) is 15.2. The third-order valence-electron chi connectivity index (χ3n) is 4.19. The Morgan fingerprint density at radius 1 is 1.08 bits per heavy atom. The smallest absolute Gasteiger partial charge is 0.274 e. The second-order valence-electron chi connectivity index (χ2n) is 5.85. The molecule has 0 saturated carbocycles. The van der Waals surface area contributed by atoms with Gasteiger partial charge in [0.15, 0.2) is 0 Å². The summed E-state index contributed by atoms with van der Waals surface area (Å²) in [5.74, 6) is 0.669. The lowest BCUT2D eigenvalue weighted by atomic mass is 10.0. The number of phenols is 1. The van der Waals surface area contributed by atoms with E-state index < -0.39 is 0 Å². The van der Waals surface area contributed by atoms with Crippen molar-refractivity contribution >= 4 is 11.6 Å². The van der Waals surface area contributed by atoms with Gasteiger partial charge in [0, 0.05) is 17.5 Å². The van der Waals surface area contributed by atoms with Crippen molar-refractivity contribution in [3.63, 3.8) is 0 Å². The van der Waals surface area contributed by atoms with Crippen molar-refractivity contribution in [2.75, 3.05) is 0 Å². The predicted molar refractivity (Wildman–Crippen MR) is 93.3 cm³/mol. The van der Waals surface area contributed by atoms with Gasteiger partial charge in [0.25, 0.3) is 5.91 Å². The van der Waals surface area contributed by atoms with Gasteiger partial charge < -0.3 is 9.52 Å². The van der Waals surface area contributed by atoms with Gasteiger partial charge in [-0.05, 0) is 36.4 Å². The summed E-state index contributed by atoms with van der Waals surface area (Å²) in [6, 6.07) is 19.3. The molecule has 2 aromatic carbocycles. The first-order valence-corrected chi connectivity index (χ1v) is 8.01. The molecule has 0 aliphatic carbocycles. The zero-order chi connectivity index (χ0) is 17.2. The average Bonchev–Trinajstić information content (AvgIpc) is 3.31. The monoisotopic (exact) mass is 332 g/mol. The number of aromatic hydroxyl groups is 1. The number of furan rings is 1. The molecule has 1 aliphatic heterocycles. The van der Waals surface area contributed by atoms with Crippen LogP contribution in [0.15, 0.2) is 82.5 Å². The van der Waals surface area contributed by atoms with Gasteiger partial charge in [-0.15, -0.1) is 0 Å². The van der Waals surface area contributed by atoms with E-state index in [1.807, 2.05) is 30.3 Å². The molecule has 0 bridgehead atoms. The highest BCUT2D eigenvalue weighted by atomic mass is 16.3. The second kappa shape index (κ2) is 6.28. The highest BCUT2D eigenvalue weighted by Crippen LogP contribution is 2.34. The minimum absolute atomic E-state index is 0.169. The van der Waals surface area contributed by atoms with E-state index in [0.29, 0.717) is 17.7 Å². The summed E-state index contributed by atoms with van der Waals surface area (Å²) >= 11 is 0. The lowest BCUT2D eigenvalue weighted by Gasteiger charge is -2.19. The van der Waals surface area contributed by atoms with Gasteiger partial charge in [0.1, 0.15) is 17.6 Å². The number of hydrogen-bond acceptors (Lipinski definition) is 4. The molecule has 0 unspecified atom stereocenters. The lowest BCUT2D eigenvalue weighted by Crippen LogP contribution is -2.26. The van der Waals surface area contributed by atoms with Gasteiger partial charge in [-0.25, -0.2) is 5.01 Å². The zero-order valence-electron chi connectivity index (χ0n) is 13.4. The number of carbonyl (C=O) groups is 1. The van der Waals surface area contributed by atoms with Gasteiger partial charge in [-0.1, -0.05) is 30.3 Å². The molecule has 3 aromatic rings. The summed E-state index contributed by atoms with van der Waals surface area (Å²) in [5.41, 5.74) is 2.10. The third kappa shape index (κ3) is 2.92. The van der Waals surface area contributed by atoms with Crippen LogP contribution in [0.5, 0.6) is 5.75 Å². The topological polar surface area (TPSA) is 66.0 Å². The molecule has 1 amide bonds. The third-order valence-corrected chi connectivity index (χ3v) is 4.19. The molecule has 1 N–H and O–H groups in total. The van der Waals surface area contributed by atoms with E-state index in [-0.39, 0.29) is 17.7 Å². The normalized spacial score (nSPS) is 16.7. The number of phenolic OH excluding ortho intramolecular Hbond substituents is 1. The van der Waals surface area contributed by atoms with Crippen LogP contribution >= 0.6 is 0 Å². The van der Waals surface area contributed by atoms with Crippen molar-refractivity contribution in [3.05, 3.63) is 89.9 Å². The largest absolute Gasteiger partial charge is 0.508 e. The maximum atomic E-state index is 12.9. The molecule has 0 spiro atoms. The van der Waals surface area contributed by atoms with Gasteiger partial charge >= 0.3 is 0 Å². The predicted octanol–water partition coefficient (Wildman–Crippen LogP) is 3.98. The lowest BCUT2D eigenvalue weighted by molar-refractivity contribution is 0.0693. The van der Waals surface area contributed by atoms with E-state index in [1.165, 1.54) is 5.01 Å². The van der Waals surface area contributed by atoms with Crippen molar-refractivity contribution in [3.8, 4) is 5.75 Å². The van der Waals surface area contributed by atoms with Crippen molar-refractivity contribution in [2.45, 2.75) is 12.5 Å². The van der Waals surface area contributed by atoms with Crippen molar-refractivity contribution in [1.82, 2.24) is 5.01 Å². The SMILES string of the molecule is O=C(c1ccccc1)N1N=C(c2cccc(O)c2)C[C@H]1c1ccco1. The van der Waals surface area contributed by atoms with Gasteiger partial charge in [0.2, 0.25) is 0 Å². The maximum Gasteiger partial charge on any atom is 0.274 e. The van der Waals surface area contributed by atoms with Crippen LogP contribution in [-0.4, -0.2) is 21.7 Å². The summed E-state index contributed by atoms with van der Waals surface area (Å²) in [5, 5.41) is 15.7. The average molecular weight is 332 g/mol. The number of nitrogens with zero attached hydrogens (tertiary/aromatic N) is 2. The van der Waals surface area contributed by atoms with Crippen LogP contribution in [0.1, 0.15) is 34.1 Å². The van der Waals surface area contributed by atoms with Gasteiger partial charge in [0.05, 0.1) is 12.0 Å². The molecular weight excluding hydrogens is 316 g/mol. The van der Waals surface area contributed by atoms with Gasteiger partial charge in [-0.2, -0.15) is 5.10 Å². The number of carbonyl (C=O) groups excluding carboxylic acids is 1. The summed E-state index contributed by atoms with van der Waals surface area (Å²) in [6.07, 6.45) is 2.11. The first-order chi connectivity index (χ1) is 12.2. The molecule has 0 fully saturated rings.